The summed E-state index contributed by atoms with van der Waals surface area (Å²) in [6, 6.07) is 22.8. The van der Waals surface area contributed by atoms with E-state index in [4.69, 9.17) is 0 Å². The number of aromatic hydroxyl groups is 1. The summed E-state index contributed by atoms with van der Waals surface area (Å²) < 4.78 is 0. The Morgan fingerprint density at radius 3 is 1.60 bits per heavy atom. The summed E-state index contributed by atoms with van der Waals surface area (Å²) in [7, 11) is 0. The van der Waals surface area contributed by atoms with Crippen molar-refractivity contribution >= 4 is 0 Å². The van der Waals surface area contributed by atoms with Crippen LogP contribution < -0.4 is 0 Å². The van der Waals surface area contributed by atoms with Crippen LogP contribution in [0.15, 0.2) is 66.7 Å². The van der Waals surface area contributed by atoms with Gasteiger partial charge in [-0.05, 0) is 45.7 Å². The maximum atomic E-state index is 10.8. The highest BCUT2D eigenvalue weighted by Crippen LogP contribution is 2.45. The fourth-order valence-corrected chi connectivity index (χ4v) is 3.67. The molecule has 3 aromatic rings. The lowest BCUT2D eigenvalue weighted by Gasteiger charge is -2.25. The molecular weight excluding hydrogens is 304 g/mol. The van der Waals surface area contributed by atoms with Crippen molar-refractivity contribution in [1.29, 1.82) is 0 Å². The molecule has 0 aromatic heterocycles. The molecule has 0 amide bonds. The first-order valence-corrected chi connectivity index (χ1v) is 9.01. The summed E-state index contributed by atoms with van der Waals surface area (Å²) in [5.74, 6) is 0.990. The van der Waals surface area contributed by atoms with Gasteiger partial charge < -0.3 is 5.11 Å². The molecule has 0 saturated carbocycles. The van der Waals surface area contributed by atoms with Gasteiger partial charge in [0.15, 0.2) is 0 Å². The first-order valence-electron chi connectivity index (χ1n) is 9.01. The topological polar surface area (TPSA) is 20.2 Å². The van der Waals surface area contributed by atoms with Gasteiger partial charge in [-0.2, -0.15) is 0 Å². The second kappa shape index (κ2) is 7.14. The smallest absolute Gasteiger partial charge is 0.119 e. The van der Waals surface area contributed by atoms with Crippen molar-refractivity contribution < 1.29 is 5.11 Å². The van der Waals surface area contributed by atoms with E-state index in [1.165, 1.54) is 16.7 Å². The van der Waals surface area contributed by atoms with Gasteiger partial charge >= 0.3 is 0 Å². The minimum Gasteiger partial charge on any atom is -0.508 e. The summed E-state index contributed by atoms with van der Waals surface area (Å²) in [5, 5.41) is 10.8. The lowest BCUT2D eigenvalue weighted by Crippen LogP contribution is -2.04. The summed E-state index contributed by atoms with van der Waals surface area (Å²) in [6.45, 7) is 8.72. The average molecular weight is 330 g/mol. The number of phenolic OH excluding ortho intramolecular Hbond substituents is 1. The number of hydrogen-bond donors (Lipinski definition) is 1. The van der Waals surface area contributed by atoms with Crippen LogP contribution in [0.2, 0.25) is 0 Å². The van der Waals surface area contributed by atoms with Crippen LogP contribution in [0.25, 0.3) is 22.3 Å². The first-order chi connectivity index (χ1) is 12.0. The zero-order valence-electron chi connectivity index (χ0n) is 15.5. The van der Waals surface area contributed by atoms with E-state index in [0.717, 1.165) is 16.7 Å². The molecule has 25 heavy (non-hydrogen) atoms. The molecule has 128 valence electrons. The van der Waals surface area contributed by atoms with Crippen molar-refractivity contribution in [1.82, 2.24) is 0 Å². The highest BCUT2D eigenvalue weighted by molar-refractivity contribution is 5.88. The van der Waals surface area contributed by atoms with Gasteiger partial charge in [-0.25, -0.2) is 0 Å². The Morgan fingerprint density at radius 2 is 1.12 bits per heavy atom. The largest absolute Gasteiger partial charge is 0.508 e. The van der Waals surface area contributed by atoms with Gasteiger partial charge in [-0.15, -0.1) is 0 Å². The van der Waals surface area contributed by atoms with Crippen LogP contribution in [0.5, 0.6) is 5.75 Å². The Balaban J connectivity index is 2.44. The molecule has 1 nitrogen and oxygen atoms in total. The van der Waals surface area contributed by atoms with E-state index in [-0.39, 0.29) is 5.92 Å². The number of phenols is 1. The van der Waals surface area contributed by atoms with Crippen LogP contribution in [-0.4, -0.2) is 5.11 Å². The van der Waals surface area contributed by atoms with Crippen LogP contribution in [0.1, 0.15) is 50.7 Å². The van der Waals surface area contributed by atoms with Crippen LogP contribution in [0.3, 0.4) is 0 Å². The van der Waals surface area contributed by atoms with Crippen molar-refractivity contribution in [2.24, 2.45) is 0 Å². The summed E-state index contributed by atoms with van der Waals surface area (Å²) in [4.78, 5) is 0. The normalized spacial score (nSPS) is 11.3. The quantitative estimate of drug-likeness (QED) is 0.547. The molecule has 1 heteroatoms. The number of hydrogen-bond acceptors (Lipinski definition) is 1. The molecule has 0 aliphatic rings. The molecule has 3 rings (SSSR count). The molecule has 0 atom stereocenters. The Bertz CT molecular complexity index is 846. The van der Waals surface area contributed by atoms with E-state index in [1.54, 1.807) is 0 Å². The minimum absolute atomic E-state index is 0.268. The van der Waals surface area contributed by atoms with Crippen LogP contribution in [-0.2, 0) is 0 Å². The third kappa shape index (κ3) is 3.32. The van der Waals surface area contributed by atoms with Gasteiger partial charge in [-0.3, -0.25) is 0 Å². The van der Waals surface area contributed by atoms with E-state index in [9.17, 15) is 5.11 Å². The minimum atomic E-state index is 0.268. The zero-order valence-corrected chi connectivity index (χ0v) is 15.5. The van der Waals surface area contributed by atoms with E-state index in [1.807, 2.05) is 30.3 Å². The molecule has 0 radical (unpaired) electrons. The van der Waals surface area contributed by atoms with E-state index >= 15 is 0 Å². The molecule has 0 aliphatic heterocycles. The molecule has 0 unspecified atom stereocenters. The molecule has 1 N–H and O–H groups in total. The number of rotatable bonds is 4. The Labute approximate surface area is 151 Å². The molecule has 0 aliphatic carbocycles. The highest BCUT2D eigenvalue weighted by atomic mass is 16.3. The summed E-state index contributed by atoms with van der Waals surface area (Å²) >= 11 is 0. The lowest BCUT2D eigenvalue weighted by molar-refractivity contribution is 0.463. The van der Waals surface area contributed by atoms with Gasteiger partial charge in [0.1, 0.15) is 5.75 Å². The fourth-order valence-electron chi connectivity index (χ4n) is 3.67. The van der Waals surface area contributed by atoms with Gasteiger partial charge in [0.25, 0.3) is 0 Å². The average Bonchev–Trinajstić information content (AvgIpc) is 2.61. The van der Waals surface area contributed by atoms with Crippen molar-refractivity contribution in [3.05, 3.63) is 77.9 Å². The predicted octanol–water partition coefficient (Wildman–Crippen LogP) is 6.97. The maximum Gasteiger partial charge on any atom is 0.119 e. The van der Waals surface area contributed by atoms with Crippen molar-refractivity contribution in [2.45, 2.75) is 39.5 Å². The lowest BCUT2D eigenvalue weighted by atomic mass is 9.80. The first kappa shape index (κ1) is 17.3. The van der Waals surface area contributed by atoms with E-state index in [0.29, 0.717) is 11.7 Å². The van der Waals surface area contributed by atoms with Crippen molar-refractivity contribution in [3.63, 3.8) is 0 Å². The predicted molar refractivity (Wildman–Crippen MR) is 107 cm³/mol. The third-order valence-electron chi connectivity index (χ3n) is 4.69. The van der Waals surface area contributed by atoms with Crippen LogP contribution in [0, 0.1) is 0 Å². The van der Waals surface area contributed by atoms with Crippen molar-refractivity contribution in [3.8, 4) is 28.0 Å². The third-order valence-corrected chi connectivity index (χ3v) is 4.69. The maximum absolute atomic E-state index is 10.8. The second-order valence-corrected chi connectivity index (χ2v) is 7.19. The molecule has 3 aromatic carbocycles. The van der Waals surface area contributed by atoms with Crippen LogP contribution >= 0.6 is 0 Å². The van der Waals surface area contributed by atoms with E-state index in [2.05, 4.69) is 64.1 Å². The standard InChI is InChI=1S/C24H26O/c1-16(2)22-21(25)15-20(18-11-7-5-8-12-18)24(23(22)17(3)4)19-13-9-6-10-14-19/h5-17,25H,1-4H3. The van der Waals surface area contributed by atoms with Gasteiger partial charge in [0.2, 0.25) is 0 Å². The molecule has 0 spiro atoms. The van der Waals surface area contributed by atoms with Crippen molar-refractivity contribution in [2.75, 3.05) is 0 Å². The highest BCUT2D eigenvalue weighted by Gasteiger charge is 2.23. The summed E-state index contributed by atoms with van der Waals surface area (Å²) in [6.07, 6.45) is 0. The monoisotopic (exact) mass is 330 g/mol. The Kier molecular flexibility index (Phi) is 4.94. The molecule has 0 fully saturated rings. The van der Waals surface area contributed by atoms with E-state index < -0.39 is 0 Å². The van der Waals surface area contributed by atoms with Crippen LogP contribution in [0.4, 0.5) is 0 Å². The molecule has 0 bridgehead atoms. The zero-order chi connectivity index (χ0) is 18.0. The van der Waals surface area contributed by atoms with Gasteiger partial charge in [-0.1, -0.05) is 88.4 Å². The Morgan fingerprint density at radius 1 is 0.640 bits per heavy atom. The Hall–Kier alpha value is -2.54. The SMILES string of the molecule is CC(C)c1c(O)cc(-c2ccccc2)c(-c2ccccc2)c1C(C)C. The molecule has 0 heterocycles. The molecule has 0 saturated heterocycles. The second-order valence-electron chi connectivity index (χ2n) is 7.19. The van der Waals surface area contributed by atoms with Gasteiger partial charge in [0.05, 0.1) is 0 Å². The molecular formula is C24H26O. The number of benzene rings is 3. The summed E-state index contributed by atoms with van der Waals surface area (Å²) in [5.41, 5.74) is 6.98. The fraction of sp³-hybridized carbons (Fsp3) is 0.250. The van der Waals surface area contributed by atoms with Gasteiger partial charge in [0, 0.05) is 5.56 Å².